The third kappa shape index (κ3) is 4.35. The van der Waals surface area contributed by atoms with Crippen LogP contribution in [-0.2, 0) is 4.79 Å². The highest BCUT2D eigenvalue weighted by atomic mass is 16.4. The molecule has 0 aliphatic carbocycles. The Balaban J connectivity index is 4.27. The Morgan fingerprint density at radius 1 is 1.62 bits per heavy atom. The van der Waals surface area contributed by atoms with Crippen LogP contribution in [0.3, 0.4) is 0 Å². The topological polar surface area (TPSA) is 87.7 Å². The van der Waals surface area contributed by atoms with Gasteiger partial charge in [-0.2, -0.15) is 5.10 Å². The minimum atomic E-state index is -0.829. The summed E-state index contributed by atoms with van der Waals surface area (Å²) in [6.45, 7) is 3.71. The Bertz CT molecular complexity index is 202. The lowest BCUT2D eigenvalue weighted by Crippen LogP contribution is -2.27. The number of hydrogen-bond acceptors (Lipinski definition) is 3. The molecule has 76 valence electrons. The van der Waals surface area contributed by atoms with Gasteiger partial charge in [-0.15, -0.1) is 0 Å². The van der Waals surface area contributed by atoms with E-state index in [1.807, 2.05) is 13.8 Å². The first-order valence-electron chi connectivity index (χ1n) is 4.20. The lowest BCUT2D eigenvalue weighted by Gasteiger charge is -2.15. The van der Waals surface area contributed by atoms with Crippen LogP contribution >= 0.6 is 0 Å². The number of amidine groups is 1. The Morgan fingerprint density at radius 2 is 2.15 bits per heavy atom. The van der Waals surface area contributed by atoms with Gasteiger partial charge < -0.3 is 16.3 Å². The summed E-state index contributed by atoms with van der Waals surface area (Å²) >= 11 is 0. The molecule has 5 heteroatoms. The molecule has 0 aromatic heterocycles. The van der Waals surface area contributed by atoms with E-state index < -0.39 is 11.9 Å². The first kappa shape index (κ1) is 11.7. The summed E-state index contributed by atoms with van der Waals surface area (Å²) in [6, 6.07) is 0. The second-order valence-electron chi connectivity index (χ2n) is 3.22. The SMILES string of the molecule is CN/N=C(\N)CC(C(=O)O)C(C)C. The van der Waals surface area contributed by atoms with E-state index >= 15 is 0 Å². The van der Waals surface area contributed by atoms with Crippen molar-refractivity contribution in [1.82, 2.24) is 5.43 Å². The highest BCUT2D eigenvalue weighted by molar-refractivity contribution is 5.85. The van der Waals surface area contributed by atoms with E-state index in [1.54, 1.807) is 7.05 Å². The molecule has 5 nitrogen and oxygen atoms in total. The third-order valence-electron chi connectivity index (χ3n) is 1.81. The number of rotatable bonds is 5. The number of aliphatic carboxylic acids is 1. The van der Waals surface area contributed by atoms with E-state index in [-0.39, 0.29) is 12.3 Å². The van der Waals surface area contributed by atoms with Crippen molar-refractivity contribution in [2.75, 3.05) is 7.05 Å². The van der Waals surface area contributed by atoms with Gasteiger partial charge in [0.15, 0.2) is 0 Å². The first-order chi connectivity index (χ1) is 5.99. The molecule has 0 aliphatic heterocycles. The maximum absolute atomic E-state index is 10.7. The zero-order valence-corrected chi connectivity index (χ0v) is 8.24. The Kier molecular flexibility index (Phi) is 4.87. The lowest BCUT2D eigenvalue weighted by atomic mass is 9.92. The minimum absolute atomic E-state index is 0.0584. The molecule has 1 unspecified atom stereocenters. The van der Waals surface area contributed by atoms with Crippen molar-refractivity contribution in [3.8, 4) is 0 Å². The van der Waals surface area contributed by atoms with Crippen LogP contribution in [0.4, 0.5) is 0 Å². The van der Waals surface area contributed by atoms with E-state index in [9.17, 15) is 4.79 Å². The van der Waals surface area contributed by atoms with Crippen molar-refractivity contribution in [1.29, 1.82) is 0 Å². The molecule has 0 spiro atoms. The van der Waals surface area contributed by atoms with Crippen LogP contribution in [0.25, 0.3) is 0 Å². The van der Waals surface area contributed by atoms with E-state index in [2.05, 4.69) is 10.5 Å². The summed E-state index contributed by atoms with van der Waals surface area (Å²) in [6.07, 6.45) is 0.286. The van der Waals surface area contributed by atoms with Crippen molar-refractivity contribution in [3.05, 3.63) is 0 Å². The number of nitrogens with one attached hydrogen (secondary N) is 1. The number of hydrogen-bond donors (Lipinski definition) is 3. The van der Waals surface area contributed by atoms with Crippen molar-refractivity contribution >= 4 is 11.8 Å². The largest absolute Gasteiger partial charge is 0.481 e. The minimum Gasteiger partial charge on any atom is -0.481 e. The summed E-state index contributed by atoms with van der Waals surface area (Å²) in [7, 11) is 1.62. The van der Waals surface area contributed by atoms with Crippen molar-refractivity contribution in [2.24, 2.45) is 22.7 Å². The molecule has 0 aromatic rings. The molecule has 0 heterocycles. The average molecular weight is 187 g/mol. The Labute approximate surface area is 78.0 Å². The van der Waals surface area contributed by atoms with Gasteiger partial charge in [0.2, 0.25) is 0 Å². The average Bonchev–Trinajstić information content (AvgIpc) is 1.99. The fraction of sp³-hybridized carbons (Fsp3) is 0.750. The fourth-order valence-electron chi connectivity index (χ4n) is 1.02. The van der Waals surface area contributed by atoms with Gasteiger partial charge in [0, 0.05) is 13.5 Å². The van der Waals surface area contributed by atoms with Crippen LogP contribution in [-0.4, -0.2) is 24.0 Å². The van der Waals surface area contributed by atoms with E-state index in [4.69, 9.17) is 10.8 Å². The van der Waals surface area contributed by atoms with Gasteiger partial charge >= 0.3 is 5.97 Å². The van der Waals surface area contributed by atoms with Gasteiger partial charge in [-0.25, -0.2) is 0 Å². The smallest absolute Gasteiger partial charge is 0.307 e. The number of carboxylic acids is 1. The molecule has 13 heavy (non-hydrogen) atoms. The second kappa shape index (κ2) is 5.40. The standard InChI is InChI=1S/C8H17N3O2/c1-5(2)6(8(12)13)4-7(9)11-10-3/h5-6,10H,4H2,1-3H3,(H2,9,11)(H,12,13). The van der Waals surface area contributed by atoms with E-state index in [0.717, 1.165) is 0 Å². The molecule has 1 atom stereocenters. The molecule has 0 amide bonds. The van der Waals surface area contributed by atoms with Crippen LogP contribution in [0.15, 0.2) is 5.10 Å². The maximum Gasteiger partial charge on any atom is 0.307 e. The number of carbonyl (C=O) groups is 1. The van der Waals surface area contributed by atoms with E-state index in [0.29, 0.717) is 5.84 Å². The fourth-order valence-corrected chi connectivity index (χ4v) is 1.02. The predicted molar refractivity (Wildman–Crippen MR) is 51.3 cm³/mol. The first-order valence-corrected chi connectivity index (χ1v) is 4.20. The number of nitrogens with two attached hydrogens (primary N) is 1. The third-order valence-corrected chi connectivity index (χ3v) is 1.81. The summed E-state index contributed by atoms with van der Waals surface area (Å²) < 4.78 is 0. The van der Waals surface area contributed by atoms with E-state index in [1.165, 1.54) is 0 Å². The lowest BCUT2D eigenvalue weighted by molar-refractivity contribution is -0.142. The summed E-state index contributed by atoms with van der Waals surface area (Å²) in [5.74, 6) is -0.909. The summed E-state index contributed by atoms with van der Waals surface area (Å²) in [5, 5.41) is 12.5. The second-order valence-corrected chi connectivity index (χ2v) is 3.22. The normalized spacial score (nSPS) is 14.3. The highest BCUT2D eigenvalue weighted by Crippen LogP contribution is 2.14. The Morgan fingerprint density at radius 3 is 2.46 bits per heavy atom. The number of hydrazone groups is 1. The molecule has 0 radical (unpaired) electrons. The number of nitrogens with zero attached hydrogens (tertiary/aromatic N) is 1. The van der Waals surface area contributed by atoms with Gasteiger partial charge in [-0.05, 0) is 5.92 Å². The van der Waals surface area contributed by atoms with Gasteiger partial charge in [0.05, 0.1) is 5.92 Å². The van der Waals surface area contributed by atoms with Crippen LogP contribution in [0.1, 0.15) is 20.3 Å². The van der Waals surface area contributed by atoms with Gasteiger partial charge in [-0.1, -0.05) is 13.8 Å². The van der Waals surface area contributed by atoms with Crippen LogP contribution in [0.2, 0.25) is 0 Å². The molecule has 0 rings (SSSR count). The van der Waals surface area contributed by atoms with Gasteiger partial charge in [0.25, 0.3) is 0 Å². The van der Waals surface area contributed by atoms with Crippen LogP contribution in [0.5, 0.6) is 0 Å². The molecule has 4 N–H and O–H groups in total. The molecule has 0 aromatic carbocycles. The van der Waals surface area contributed by atoms with Gasteiger partial charge in [-0.3, -0.25) is 4.79 Å². The summed E-state index contributed by atoms with van der Waals surface area (Å²) in [4.78, 5) is 10.7. The molecule has 0 fully saturated rings. The number of carboxylic acid groups (broad SMARTS) is 1. The quantitative estimate of drug-likeness (QED) is 0.326. The maximum atomic E-state index is 10.7. The molecule has 0 saturated heterocycles. The summed E-state index contributed by atoms with van der Waals surface area (Å²) in [5.41, 5.74) is 8.01. The van der Waals surface area contributed by atoms with Crippen LogP contribution in [0, 0.1) is 11.8 Å². The molecular formula is C8H17N3O2. The molecule has 0 aliphatic rings. The van der Waals surface area contributed by atoms with Crippen LogP contribution < -0.4 is 11.2 Å². The molecule has 0 saturated carbocycles. The molecule has 0 bridgehead atoms. The zero-order chi connectivity index (χ0) is 10.4. The Hall–Kier alpha value is -1.26. The van der Waals surface area contributed by atoms with Crippen molar-refractivity contribution in [2.45, 2.75) is 20.3 Å². The highest BCUT2D eigenvalue weighted by Gasteiger charge is 2.22. The molecular weight excluding hydrogens is 170 g/mol. The van der Waals surface area contributed by atoms with Crippen molar-refractivity contribution < 1.29 is 9.90 Å². The monoisotopic (exact) mass is 187 g/mol. The zero-order valence-electron chi connectivity index (χ0n) is 8.24. The van der Waals surface area contributed by atoms with Crippen molar-refractivity contribution in [3.63, 3.8) is 0 Å². The van der Waals surface area contributed by atoms with Gasteiger partial charge in [0.1, 0.15) is 5.84 Å². The predicted octanol–water partition coefficient (Wildman–Crippen LogP) is 0.225.